The molecule has 0 aliphatic carbocycles. The van der Waals surface area contributed by atoms with Crippen molar-refractivity contribution in [1.29, 1.82) is 0 Å². The Labute approximate surface area is 158 Å². The van der Waals surface area contributed by atoms with Crippen molar-refractivity contribution >= 4 is 22.1 Å². The molecule has 5 nitrogen and oxygen atoms in total. The predicted molar refractivity (Wildman–Crippen MR) is 106 cm³/mol. The highest BCUT2D eigenvalue weighted by atomic mass is 16.5. The molecule has 2 aromatic carbocycles. The SMILES string of the molecule is CC(C)c1nc2cc(-c3nc4ccccc4o3)ccc2n1C1CCOCC1. The van der Waals surface area contributed by atoms with Gasteiger partial charge in [0.2, 0.25) is 5.89 Å². The topological polar surface area (TPSA) is 53.1 Å². The predicted octanol–water partition coefficient (Wildman–Crippen LogP) is 5.32. The summed E-state index contributed by atoms with van der Waals surface area (Å²) in [6.45, 7) is 6.06. The lowest BCUT2D eigenvalue weighted by Crippen LogP contribution is -2.21. The Morgan fingerprint density at radius 2 is 1.81 bits per heavy atom. The maximum absolute atomic E-state index is 5.94. The zero-order valence-electron chi connectivity index (χ0n) is 15.7. The summed E-state index contributed by atoms with van der Waals surface area (Å²) in [5.74, 6) is 2.16. The maximum atomic E-state index is 5.94. The molecule has 0 bridgehead atoms. The molecular formula is C22H23N3O2. The lowest BCUT2D eigenvalue weighted by molar-refractivity contribution is 0.0697. The monoisotopic (exact) mass is 361 g/mol. The molecule has 5 rings (SSSR count). The van der Waals surface area contributed by atoms with Gasteiger partial charge >= 0.3 is 0 Å². The van der Waals surface area contributed by atoms with E-state index in [1.807, 2.05) is 24.3 Å². The van der Waals surface area contributed by atoms with E-state index < -0.39 is 0 Å². The lowest BCUT2D eigenvalue weighted by atomic mass is 10.1. The average molecular weight is 361 g/mol. The second kappa shape index (κ2) is 6.50. The lowest BCUT2D eigenvalue weighted by Gasteiger charge is -2.26. The van der Waals surface area contributed by atoms with Crippen LogP contribution in [0.2, 0.25) is 0 Å². The van der Waals surface area contributed by atoms with Crippen LogP contribution in [0.3, 0.4) is 0 Å². The quantitative estimate of drug-likeness (QED) is 0.495. The van der Waals surface area contributed by atoms with E-state index in [1.54, 1.807) is 0 Å². The van der Waals surface area contributed by atoms with Gasteiger partial charge in [0.25, 0.3) is 0 Å². The zero-order valence-corrected chi connectivity index (χ0v) is 15.7. The first kappa shape index (κ1) is 16.5. The molecule has 0 saturated carbocycles. The minimum absolute atomic E-state index is 0.369. The maximum Gasteiger partial charge on any atom is 0.227 e. The number of nitrogens with zero attached hydrogens (tertiary/aromatic N) is 3. The third-order valence-corrected chi connectivity index (χ3v) is 5.33. The minimum atomic E-state index is 0.369. The van der Waals surface area contributed by atoms with E-state index in [9.17, 15) is 0 Å². The molecule has 1 saturated heterocycles. The van der Waals surface area contributed by atoms with E-state index in [-0.39, 0.29) is 0 Å². The van der Waals surface area contributed by atoms with Gasteiger partial charge < -0.3 is 13.7 Å². The van der Waals surface area contributed by atoms with Crippen LogP contribution in [0.25, 0.3) is 33.6 Å². The highest BCUT2D eigenvalue weighted by Crippen LogP contribution is 2.33. The molecule has 27 heavy (non-hydrogen) atoms. The van der Waals surface area contributed by atoms with Gasteiger partial charge in [-0.1, -0.05) is 26.0 Å². The number of imidazole rings is 1. The molecule has 1 aliphatic heterocycles. The molecule has 138 valence electrons. The molecule has 0 amide bonds. The van der Waals surface area contributed by atoms with Crippen LogP contribution in [0.1, 0.15) is 44.5 Å². The molecule has 4 aromatic rings. The number of aromatic nitrogens is 3. The summed E-state index contributed by atoms with van der Waals surface area (Å²) in [5.41, 5.74) is 4.84. The van der Waals surface area contributed by atoms with E-state index in [0.717, 1.165) is 54.1 Å². The van der Waals surface area contributed by atoms with Crippen molar-refractivity contribution < 1.29 is 9.15 Å². The number of para-hydroxylation sites is 2. The number of fused-ring (bicyclic) bond motifs is 2. The van der Waals surface area contributed by atoms with Crippen molar-refractivity contribution in [2.24, 2.45) is 0 Å². The van der Waals surface area contributed by atoms with Crippen molar-refractivity contribution in [3.8, 4) is 11.5 Å². The van der Waals surface area contributed by atoms with Crippen molar-refractivity contribution in [3.05, 3.63) is 48.3 Å². The van der Waals surface area contributed by atoms with Gasteiger partial charge in [-0.05, 0) is 43.2 Å². The molecule has 3 heterocycles. The Hall–Kier alpha value is -2.66. The zero-order chi connectivity index (χ0) is 18.4. The van der Waals surface area contributed by atoms with Gasteiger partial charge in [-0.15, -0.1) is 0 Å². The molecule has 1 aliphatic rings. The normalized spacial score (nSPS) is 16.0. The molecule has 0 spiro atoms. The van der Waals surface area contributed by atoms with Crippen LogP contribution in [0.4, 0.5) is 0 Å². The Bertz CT molecular complexity index is 1070. The van der Waals surface area contributed by atoms with Gasteiger partial charge in [0.15, 0.2) is 5.58 Å². The average Bonchev–Trinajstić information content (AvgIpc) is 3.29. The van der Waals surface area contributed by atoms with Crippen molar-refractivity contribution in [3.63, 3.8) is 0 Å². The van der Waals surface area contributed by atoms with Crippen LogP contribution in [-0.4, -0.2) is 27.7 Å². The summed E-state index contributed by atoms with van der Waals surface area (Å²) in [6.07, 6.45) is 2.08. The van der Waals surface area contributed by atoms with Crippen molar-refractivity contribution in [2.75, 3.05) is 13.2 Å². The molecule has 0 unspecified atom stereocenters. The summed E-state index contributed by atoms with van der Waals surface area (Å²) in [7, 11) is 0. The number of ether oxygens (including phenoxy) is 1. The number of rotatable bonds is 3. The molecule has 1 fully saturated rings. The standard InChI is InChI=1S/C22H23N3O2/c1-14(2)21-23-18-13-15(22-24-17-5-3-4-6-20(17)27-22)7-8-19(18)25(21)16-9-11-26-12-10-16/h3-8,13-14,16H,9-12H2,1-2H3. The van der Waals surface area contributed by atoms with Crippen LogP contribution in [0, 0.1) is 0 Å². The fourth-order valence-corrected chi connectivity index (χ4v) is 3.98. The first-order valence-electron chi connectivity index (χ1n) is 9.66. The molecule has 5 heteroatoms. The summed E-state index contributed by atoms with van der Waals surface area (Å²) in [5, 5.41) is 0. The van der Waals surface area contributed by atoms with Gasteiger partial charge in [0.05, 0.1) is 11.0 Å². The molecule has 0 N–H and O–H groups in total. The van der Waals surface area contributed by atoms with Crippen molar-refractivity contribution in [2.45, 2.75) is 38.6 Å². The number of benzene rings is 2. The van der Waals surface area contributed by atoms with Crippen molar-refractivity contribution in [1.82, 2.24) is 14.5 Å². The largest absolute Gasteiger partial charge is 0.436 e. The smallest absolute Gasteiger partial charge is 0.227 e. The fraction of sp³-hybridized carbons (Fsp3) is 0.364. The van der Waals surface area contributed by atoms with Gasteiger partial charge in [0, 0.05) is 30.7 Å². The van der Waals surface area contributed by atoms with Gasteiger partial charge in [-0.3, -0.25) is 0 Å². The number of oxazole rings is 1. The first-order chi connectivity index (χ1) is 13.2. The van der Waals surface area contributed by atoms with E-state index in [2.05, 4.69) is 41.6 Å². The third kappa shape index (κ3) is 2.82. The fourth-order valence-electron chi connectivity index (χ4n) is 3.98. The molecule has 2 aromatic heterocycles. The van der Waals surface area contributed by atoms with Gasteiger partial charge in [-0.2, -0.15) is 0 Å². The second-order valence-corrected chi connectivity index (χ2v) is 7.53. The van der Waals surface area contributed by atoms with Crippen LogP contribution < -0.4 is 0 Å². The summed E-state index contributed by atoms with van der Waals surface area (Å²) >= 11 is 0. The number of hydrogen-bond donors (Lipinski definition) is 0. The Kier molecular flexibility index (Phi) is 3.97. The molecule has 0 radical (unpaired) electrons. The highest BCUT2D eigenvalue weighted by Gasteiger charge is 2.23. The van der Waals surface area contributed by atoms with Crippen LogP contribution >= 0.6 is 0 Å². The van der Waals surface area contributed by atoms with Crippen LogP contribution in [0.5, 0.6) is 0 Å². The highest BCUT2D eigenvalue weighted by molar-refractivity contribution is 5.83. The third-order valence-electron chi connectivity index (χ3n) is 5.33. The summed E-state index contributed by atoms with van der Waals surface area (Å²) in [6, 6.07) is 14.7. The first-order valence-corrected chi connectivity index (χ1v) is 9.66. The second-order valence-electron chi connectivity index (χ2n) is 7.53. The van der Waals surface area contributed by atoms with E-state index >= 15 is 0 Å². The Morgan fingerprint density at radius 1 is 1.00 bits per heavy atom. The van der Waals surface area contributed by atoms with E-state index in [1.165, 1.54) is 5.52 Å². The van der Waals surface area contributed by atoms with Crippen LogP contribution in [0.15, 0.2) is 46.9 Å². The molecular weight excluding hydrogens is 338 g/mol. The minimum Gasteiger partial charge on any atom is -0.436 e. The number of hydrogen-bond acceptors (Lipinski definition) is 4. The van der Waals surface area contributed by atoms with E-state index in [0.29, 0.717) is 17.9 Å². The van der Waals surface area contributed by atoms with Gasteiger partial charge in [0.1, 0.15) is 11.3 Å². The van der Waals surface area contributed by atoms with E-state index in [4.69, 9.17) is 14.1 Å². The van der Waals surface area contributed by atoms with Gasteiger partial charge in [-0.25, -0.2) is 9.97 Å². The summed E-state index contributed by atoms with van der Waals surface area (Å²) in [4.78, 5) is 9.61. The Morgan fingerprint density at radius 3 is 2.59 bits per heavy atom. The summed E-state index contributed by atoms with van der Waals surface area (Å²) < 4.78 is 13.9. The van der Waals surface area contributed by atoms with Crippen LogP contribution in [-0.2, 0) is 4.74 Å². The Balaban J connectivity index is 1.63. The molecule has 0 atom stereocenters.